The molecule has 1 aliphatic heterocycles. The van der Waals surface area contributed by atoms with Gasteiger partial charge in [-0.3, -0.25) is 19.3 Å². The van der Waals surface area contributed by atoms with E-state index in [9.17, 15) is 14.4 Å². The summed E-state index contributed by atoms with van der Waals surface area (Å²) >= 11 is 7.05. The van der Waals surface area contributed by atoms with Crippen molar-refractivity contribution >= 4 is 52.2 Å². The summed E-state index contributed by atoms with van der Waals surface area (Å²) in [5.41, 5.74) is 3.06. The summed E-state index contributed by atoms with van der Waals surface area (Å²) in [7, 11) is 1.48. The van der Waals surface area contributed by atoms with Crippen molar-refractivity contribution in [3.63, 3.8) is 0 Å². The molecule has 36 heavy (non-hydrogen) atoms. The predicted octanol–water partition coefficient (Wildman–Crippen LogP) is 5.91. The van der Waals surface area contributed by atoms with Crippen LogP contribution in [0.3, 0.4) is 0 Å². The molecule has 0 aliphatic carbocycles. The van der Waals surface area contributed by atoms with Gasteiger partial charge in [0.25, 0.3) is 17.1 Å². The minimum atomic E-state index is -0.392. The van der Waals surface area contributed by atoms with Gasteiger partial charge in [0.05, 0.1) is 18.6 Å². The van der Waals surface area contributed by atoms with Crippen molar-refractivity contribution in [1.29, 1.82) is 0 Å². The molecule has 0 aromatic heterocycles. The fraction of sp³-hybridized carbons (Fsp3) is 0.148. The Balaban J connectivity index is 1.43. The number of aryl methyl sites for hydroxylation is 1. The van der Waals surface area contributed by atoms with E-state index in [-0.39, 0.29) is 24.3 Å². The third-order valence-corrected chi connectivity index (χ3v) is 6.58. The van der Waals surface area contributed by atoms with Gasteiger partial charge in [-0.05, 0) is 71.8 Å². The molecular weight excluding hydrogens is 500 g/mol. The molecule has 0 saturated carbocycles. The van der Waals surface area contributed by atoms with Gasteiger partial charge in [-0.25, -0.2) is 0 Å². The fourth-order valence-electron chi connectivity index (χ4n) is 3.54. The van der Waals surface area contributed by atoms with Crippen molar-refractivity contribution < 1.29 is 23.9 Å². The molecule has 0 atom stereocenters. The molecule has 1 saturated heterocycles. The van der Waals surface area contributed by atoms with Gasteiger partial charge in [0.2, 0.25) is 0 Å². The molecule has 9 heteroatoms. The molecule has 0 spiro atoms. The average Bonchev–Trinajstić information content (AvgIpc) is 3.11. The zero-order valence-electron chi connectivity index (χ0n) is 19.6. The maximum atomic E-state index is 12.9. The van der Waals surface area contributed by atoms with E-state index in [1.54, 1.807) is 54.6 Å². The van der Waals surface area contributed by atoms with Crippen molar-refractivity contribution in [3.05, 3.63) is 93.3 Å². The molecular formula is C27H23ClN2O5S. The second-order valence-electron chi connectivity index (χ2n) is 7.98. The van der Waals surface area contributed by atoms with Crippen LogP contribution >= 0.6 is 23.4 Å². The number of hydrogen-bond donors (Lipinski definition) is 1. The maximum Gasteiger partial charge on any atom is 0.293 e. The summed E-state index contributed by atoms with van der Waals surface area (Å²) in [4.78, 5) is 39.1. The van der Waals surface area contributed by atoms with Crippen LogP contribution in [0.15, 0.2) is 71.6 Å². The number of imide groups is 1. The number of amides is 3. The number of benzene rings is 3. The first-order chi connectivity index (χ1) is 17.3. The lowest BCUT2D eigenvalue weighted by Crippen LogP contribution is -2.27. The zero-order valence-corrected chi connectivity index (χ0v) is 21.2. The first kappa shape index (κ1) is 25.3. The Morgan fingerprint density at radius 3 is 2.61 bits per heavy atom. The van der Waals surface area contributed by atoms with Crippen molar-refractivity contribution in [3.8, 4) is 11.5 Å². The third kappa shape index (κ3) is 6.08. The van der Waals surface area contributed by atoms with Crippen molar-refractivity contribution in [1.82, 2.24) is 4.90 Å². The number of anilines is 1. The molecule has 3 amide bonds. The average molecular weight is 523 g/mol. The standard InChI is InChI=1S/C27H23ClN2O5S/c1-17-6-5-8-20(12-17)29-25(31)16-35-22-11-10-18(13-23(22)34-2)14-24-26(32)30(27(33)36-24)15-19-7-3-4-9-21(19)28/h3-14H,15-16H2,1-2H3,(H,29,31)/b24-14+. The number of thioether (sulfide) groups is 1. The van der Waals surface area contributed by atoms with E-state index >= 15 is 0 Å². The Bertz CT molecular complexity index is 1360. The third-order valence-electron chi connectivity index (χ3n) is 5.31. The van der Waals surface area contributed by atoms with Gasteiger partial charge in [-0.2, -0.15) is 0 Å². The smallest absolute Gasteiger partial charge is 0.293 e. The number of rotatable bonds is 8. The van der Waals surface area contributed by atoms with Gasteiger partial charge in [-0.1, -0.05) is 48.0 Å². The molecule has 1 fully saturated rings. The monoisotopic (exact) mass is 522 g/mol. The van der Waals surface area contributed by atoms with Gasteiger partial charge in [0, 0.05) is 10.7 Å². The number of nitrogens with zero attached hydrogens (tertiary/aromatic N) is 1. The minimum Gasteiger partial charge on any atom is -0.493 e. The van der Waals surface area contributed by atoms with Gasteiger partial charge in [-0.15, -0.1) is 0 Å². The molecule has 1 N–H and O–H groups in total. The largest absolute Gasteiger partial charge is 0.493 e. The Labute approximate surface area is 218 Å². The molecule has 1 aliphatic rings. The van der Waals surface area contributed by atoms with Gasteiger partial charge in [0.15, 0.2) is 18.1 Å². The summed E-state index contributed by atoms with van der Waals surface area (Å²) in [6.45, 7) is 1.84. The van der Waals surface area contributed by atoms with E-state index in [0.717, 1.165) is 17.3 Å². The summed E-state index contributed by atoms with van der Waals surface area (Å²) in [5, 5.41) is 2.92. The first-order valence-electron chi connectivity index (χ1n) is 11.0. The number of nitrogens with one attached hydrogen (secondary N) is 1. The second kappa shape index (κ2) is 11.3. The first-order valence-corrected chi connectivity index (χ1v) is 12.2. The summed E-state index contributed by atoms with van der Waals surface area (Å²) in [6.07, 6.45) is 1.62. The van der Waals surface area contributed by atoms with Crippen LogP contribution in [0.2, 0.25) is 5.02 Å². The Kier molecular flexibility index (Phi) is 7.97. The summed E-state index contributed by atoms with van der Waals surface area (Å²) < 4.78 is 11.1. The van der Waals surface area contributed by atoms with Crippen LogP contribution < -0.4 is 14.8 Å². The molecule has 0 unspecified atom stereocenters. The highest BCUT2D eigenvalue weighted by Gasteiger charge is 2.35. The van der Waals surface area contributed by atoms with E-state index < -0.39 is 5.91 Å². The highest BCUT2D eigenvalue weighted by Crippen LogP contribution is 2.36. The minimum absolute atomic E-state index is 0.0996. The lowest BCUT2D eigenvalue weighted by atomic mass is 10.1. The topological polar surface area (TPSA) is 84.9 Å². The normalized spacial score (nSPS) is 14.3. The van der Waals surface area contributed by atoms with Crippen LogP contribution in [0.1, 0.15) is 16.7 Å². The summed E-state index contributed by atoms with van der Waals surface area (Å²) in [5.74, 6) is 0.0687. The number of methoxy groups -OCH3 is 1. The molecule has 3 aromatic carbocycles. The van der Waals surface area contributed by atoms with Crippen LogP contribution in [-0.2, 0) is 16.1 Å². The van der Waals surface area contributed by atoms with E-state index in [0.29, 0.717) is 38.2 Å². The van der Waals surface area contributed by atoms with Crippen LogP contribution in [0.5, 0.6) is 11.5 Å². The highest BCUT2D eigenvalue weighted by atomic mass is 35.5. The van der Waals surface area contributed by atoms with Crippen LogP contribution in [0.4, 0.5) is 10.5 Å². The molecule has 4 rings (SSSR count). The van der Waals surface area contributed by atoms with E-state index in [1.165, 1.54) is 12.0 Å². The number of halogens is 1. The lowest BCUT2D eigenvalue weighted by molar-refractivity contribution is -0.123. The van der Waals surface area contributed by atoms with Crippen LogP contribution in [-0.4, -0.2) is 35.7 Å². The molecule has 7 nitrogen and oxygen atoms in total. The number of carbonyl (C=O) groups is 3. The van der Waals surface area contributed by atoms with Gasteiger partial charge < -0.3 is 14.8 Å². The summed E-state index contributed by atoms with van der Waals surface area (Å²) in [6, 6.07) is 19.6. The van der Waals surface area contributed by atoms with Crippen LogP contribution in [0, 0.1) is 6.92 Å². The van der Waals surface area contributed by atoms with E-state index in [4.69, 9.17) is 21.1 Å². The predicted molar refractivity (Wildman–Crippen MR) is 141 cm³/mol. The molecule has 184 valence electrons. The highest BCUT2D eigenvalue weighted by molar-refractivity contribution is 8.18. The van der Waals surface area contributed by atoms with Gasteiger partial charge in [0.1, 0.15) is 0 Å². The number of hydrogen-bond acceptors (Lipinski definition) is 6. The van der Waals surface area contributed by atoms with Crippen LogP contribution in [0.25, 0.3) is 6.08 Å². The Hall–Kier alpha value is -3.75. The lowest BCUT2D eigenvalue weighted by Gasteiger charge is -2.13. The SMILES string of the molecule is COc1cc(/C=C2/SC(=O)N(Cc3ccccc3Cl)C2=O)ccc1OCC(=O)Nc1cccc(C)c1. The van der Waals surface area contributed by atoms with Gasteiger partial charge >= 0.3 is 0 Å². The second-order valence-corrected chi connectivity index (χ2v) is 9.38. The zero-order chi connectivity index (χ0) is 25.7. The van der Waals surface area contributed by atoms with Crippen molar-refractivity contribution in [2.75, 3.05) is 19.0 Å². The van der Waals surface area contributed by atoms with Crippen molar-refractivity contribution in [2.45, 2.75) is 13.5 Å². The number of ether oxygens (including phenoxy) is 2. The Morgan fingerprint density at radius 2 is 1.86 bits per heavy atom. The molecule has 0 bridgehead atoms. The molecule has 3 aromatic rings. The molecule has 1 heterocycles. The number of carbonyl (C=O) groups excluding carboxylic acids is 3. The quantitative estimate of drug-likeness (QED) is 0.370. The maximum absolute atomic E-state index is 12.9. The van der Waals surface area contributed by atoms with E-state index in [1.807, 2.05) is 25.1 Å². The fourth-order valence-corrected chi connectivity index (χ4v) is 4.57. The molecule has 0 radical (unpaired) electrons. The Morgan fingerprint density at radius 1 is 1.06 bits per heavy atom. The van der Waals surface area contributed by atoms with Crippen molar-refractivity contribution in [2.24, 2.45) is 0 Å². The van der Waals surface area contributed by atoms with E-state index in [2.05, 4.69) is 5.32 Å².